The lowest BCUT2D eigenvalue weighted by Gasteiger charge is -2.00. The molecule has 0 fully saturated rings. The Labute approximate surface area is 76.2 Å². The molecule has 1 aromatic rings. The summed E-state index contributed by atoms with van der Waals surface area (Å²) in [6.45, 7) is 2.13. The second-order valence-electron chi connectivity index (χ2n) is 2.10. The van der Waals surface area contributed by atoms with Crippen LogP contribution in [-0.2, 0) is 5.75 Å². The van der Waals surface area contributed by atoms with E-state index in [1.165, 1.54) is 0 Å². The molecule has 0 aliphatic heterocycles. The van der Waals surface area contributed by atoms with Crippen LogP contribution in [0, 0.1) is 0 Å². The van der Waals surface area contributed by atoms with Gasteiger partial charge in [0.05, 0.1) is 0 Å². The molecule has 0 bridgehead atoms. The van der Waals surface area contributed by atoms with Crippen molar-refractivity contribution in [2.45, 2.75) is 12.7 Å². The number of thioether (sulfide) groups is 1. The fourth-order valence-corrected chi connectivity index (χ4v) is 1.63. The number of nitrogens with zero attached hydrogens (tertiary/aromatic N) is 1. The van der Waals surface area contributed by atoms with E-state index in [2.05, 4.69) is 11.9 Å². The van der Waals surface area contributed by atoms with E-state index >= 15 is 0 Å². The third-order valence-electron chi connectivity index (χ3n) is 1.31. The Kier molecular flexibility index (Phi) is 3.73. The zero-order valence-corrected chi connectivity index (χ0v) is 7.95. The van der Waals surface area contributed by atoms with E-state index < -0.39 is 0 Å². The van der Waals surface area contributed by atoms with Gasteiger partial charge < -0.3 is 0 Å². The minimum atomic E-state index is 0.820. The van der Waals surface area contributed by atoms with Gasteiger partial charge in [0.25, 0.3) is 0 Å². The van der Waals surface area contributed by atoms with Gasteiger partial charge in [-0.2, -0.15) is 11.8 Å². The van der Waals surface area contributed by atoms with E-state index in [0.29, 0.717) is 0 Å². The van der Waals surface area contributed by atoms with Crippen LogP contribution in [0.3, 0.4) is 0 Å². The molecule has 0 aliphatic rings. The Morgan fingerprint density at radius 1 is 1.64 bits per heavy atom. The predicted molar refractivity (Wildman–Crippen MR) is 51.1 cm³/mol. The van der Waals surface area contributed by atoms with Crippen LogP contribution in [0.1, 0.15) is 12.5 Å². The van der Waals surface area contributed by atoms with Crippen LogP contribution in [0.5, 0.6) is 0 Å². The second kappa shape index (κ2) is 4.62. The van der Waals surface area contributed by atoms with Crippen molar-refractivity contribution in [1.82, 2.24) is 4.98 Å². The third kappa shape index (κ3) is 2.72. The van der Waals surface area contributed by atoms with Crippen molar-refractivity contribution in [3.05, 3.63) is 29.0 Å². The topological polar surface area (TPSA) is 12.9 Å². The van der Waals surface area contributed by atoms with E-state index in [4.69, 9.17) is 11.6 Å². The van der Waals surface area contributed by atoms with Crippen LogP contribution in [-0.4, -0.2) is 10.7 Å². The first-order valence-electron chi connectivity index (χ1n) is 3.50. The molecule has 0 aromatic carbocycles. The van der Waals surface area contributed by atoms with Gasteiger partial charge in [0.2, 0.25) is 0 Å². The Hall–Kier alpha value is -0.210. The van der Waals surface area contributed by atoms with Crippen molar-refractivity contribution in [2.24, 2.45) is 0 Å². The van der Waals surface area contributed by atoms with Crippen molar-refractivity contribution in [1.29, 1.82) is 0 Å². The summed E-state index contributed by atoms with van der Waals surface area (Å²) >= 11 is 7.76. The summed E-state index contributed by atoms with van der Waals surface area (Å²) in [5.74, 6) is 2.08. The molecule has 1 aromatic heterocycles. The minimum Gasteiger partial charge on any atom is -0.264 e. The summed E-state index contributed by atoms with van der Waals surface area (Å²) in [6, 6.07) is 1.83. The summed E-state index contributed by atoms with van der Waals surface area (Å²) in [5.41, 5.74) is 1.13. The van der Waals surface area contributed by atoms with Gasteiger partial charge in [-0.25, -0.2) is 0 Å². The van der Waals surface area contributed by atoms with Crippen molar-refractivity contribution >= 4 is 23.4 Å². The van der Waals surface area contributed by atoms with Crippen LogP contribution >= 0.6 is 23.4 Å². The quantitative estimate of drug-likeness (QED) is 0.722. The van der Waals surface area contributed by atoms with E-state index in [1.807, 2.05) is 24.0 Å². The highest BCUT2D eigenvalue weighted by molar-refractivity contribution is 7.98. The molecule has 1 nitrogen and oxygen atoms in total. The number of rotatable bonds is 3. The summed E-state index contributed by atoms with van der Waals surface area (Å²) < 4.78 is 0. The molecular formula is C8H10ClNS. The molecule has 0 amide bonds. The van der Waals surface area contributed by atoms with Crippen molar-refractivity contribution in [2.75, 3.05) is 5.75 Å². The summed E-state index contributed by atoms with van der Waals surface area (Å²) in [7, 11) is 0. The van der Waals surface area contributed by atoms with Gasteiger partial charge in [-0.15, -0.1) is 0 Å². The van der Waals surface area contributed by atoms with Gasteiger partial charge in [-0.05, 0) is 17.4 Å². The largest absolute Gasteiger partial charge is 0.264 e. The zero-order valence-electron chi connectivity index (χ0n) is 6.38. The Morgan fingerprint density at radius 2 is 2.45 bits per heavy atom. The Bertz CT molecular complexity index is 227. The maximum Gasteiger partial charge on any atom is 0.0477 e. The second-order valence-corrected chi connectivity index (χ2v) is 3.79. The highest BCUT2D eigenvalue weighted by Gasteiger charge is 1.97. The lowest BCUT2D eigenvalue weighted by Crippen LogP contribution is -1.83. The average molecular weight is 188 g/mol. The number of hydrogen-bond donors (Lipinski definition) is 0. The maximum atomic E-state index is 5.91. The first-order chi connectivity index (χ1) is 5.34. The predicted octanol–water partition coefficient (Wildman–Crippen LogP) is 2.99. The molecule has 0 saturated heterocycles. The molecule has 11 heavy (non-hydrogen) atoms. The number of aromatic nitrogens is 1. The van der Waals surface area contributed by atoms with Crippen LogP contribution in [0.2, 0.25) is 5.02 Å². The van der Waals surface area contributed by atoms with Crippen molar-refractivity contribution < 1.29 is 0 Å². The van der Waals surface area contributed by atoms with Crippen molar-refractivity contribution in [3.8, 4) is 0 Å². The van der Waals surface area contributed by atoms with Crippen molar-refractivity contribution in [3.63, 3.8) is 0 Å². The molecule has 0 N–H and O–H groups in total. The molecule has 0 unspecified atom stereocenters. The SMILES string of the molecule is CCSCc1cnccc1Cl. The monoisotopic (exact) mass is 187 g/mol. The summed E-state index contributed by atoms with van der Waals surface area (Å²) in [6.07, 6.45) is 3.54. The Balaban J connectivity index is 2.62. The van der Waals surface area contributed by atoms with E-state index in [9.17, 15) is 0 Å². The lowest BCUT2D eigenvalue weighted by atomic mass is 10.3. The van der Waals surface area contributed by atoms with E-state index in [1.54, 1.807) is 6.20 Å². The van der Waals surface area contributed by atoms with Crippen LogP contribution in [0.4, 0.5) is 0 Å². The molecule has 0 radical (unpaired) electrons. The molecule has 0 spiro atoms. The summed E-state index contributed by atoms with van der Waals surface area (Å²) in [5, 5.41) is 0.820. The highest BCUT2D eigenvalue weighted by atomic mass is 35.5. The first-order valence-corrected chi connectivity index (χ1v) is 5.04. The molecule has 0 aliphatic carbocycles. The lowest BCUT2D eigenvalue weighted by molar-refractivity contribution is 1.25. The van der Waals surface area contributed by atoms with Gasteiger partial charge >= 0.3 is 0 Å². The van der Waals surface area contributed by atoms with Gasteiger partial charge in [0, 0.05) is 23.2 Å². The molecular weight excluding hydrogens is 178 g/mol. The third-order valence-corrected chi connectivity index (χ3v) is 2.60. The standard InChI is InChI=1S/C8H10ClNS/c1-2-11-6-7-5-10-4-3-8(7)9/h3-5H,2,6H2,1H3. The molecule has 1 rings (SSSR count). The number of pyridine rings is 1. The smallest absolute Gasteiger partial charge is 0.0477 e. The van der Waals surface area contributed by atoms with Gasteiger partial charge in [-0.1, -0.05) is 18.5 Å². The van der Waals surface area contributed by atoms with E-state index in [0.717, 1.165) is 22.1 Å². The first kappa shape index (κ1) is 8.88. The summed E-state index contributed by atoms with van der Waals surface area (Å²) in [4.78, 5) is 4.00. The normalized spacial score (nSPS) is 10.0. The molecule has 3 heteroatoms. The van der Waals surface area contributed by atoms with Gasteiger partial charge in [0.1, 0.15) is 0 Å². The maximum absolute atomic E-state index is 5.91. The molecule has 0 atom stereocenters. The average Bonchev–Trinajstić information content (AvgIpc) is 2.03. The van der Waals surface area contributed by atoms with E-state index in [-0.39, 0.29) is 0 Å². The fourth-order valence-electron chi connectivity index (χ4n) is 0.728. The zero-order chi connectivity index (χ0) is 8.10. The highest BCUT2D eigenvalue weighted by Crippen LogP contribution is 2.18. The fraction of sp³-hybridized carbons (Fsp3) is 0.375. The number of hydrogen-bond acceptors (Lipinski definition) is 2. The molecule has 0 saturated carbocycles. The van der Waals surface area contributed by atoms with Gasteiger partial charge in [0.15, 0.2) is 0 Å². The molecule has 60 valence electrons. The minimum absolute atomic E-state index is 0.820. The van der Waals surface area contributed by atoms with Crippen LogP contribution in [0.25, 0.3) is 0 Å². The Morgan fingerprint density at radius 3 is 3.09 bits per heavy atom. The molecule has 1 heterocycles. The van der Waals surface area contributed by atoms with Gasteiger partial charge in [-0.3, -0.25) is 4.98 Å². The van der Waals surface area contributed by atoms with Crippen LogP contribution in [0.15, 0.2) is 18.5 Å². The van der Waals surface area contributed by atoms with Crippen LogP contribution < -0.4 is 0 Å². The number of halogens is 1.